The third kappa shape index (κ3) is 5.06. The van der Waals surface area contributed by atoms with Crippen molar-refractivity contribution in [3.8, 4) is 0 Å². The van der Waals surface area contributed by atoms with Crippen LogP contribution in [0.15, 0.2) is 0 Å². The lowest BCUT2D eigenvalue weighted by Gasteiger charge is -2.36. The number of likely N-dealkylation sites (N-methyl/N-ethyl adjacent to an activating group) is 1. The number of hydrogen-bond donors (Lipinski definition) is 1. The van der Waals surface area contributed by atoms with Crippen LogP contribution in [0.25, 0.3) is 0 Å². The largest absolute Gasteiger partial charge is 0.468 e. The summed E-state index contributed by atoms with van der Waals surface area (Å²) in [5.74, 6) is 0.724. The van der Waals surface area contributed by atoms with Gasteiger partial charge < -0.3 is 15.0 Å². The second-order valence-electron chi connectivity index (χ2n) is 6.35. The first-order chi connectivity index (χ1) is 9.46. The van der Waals surface area contributed by atoms with E-state index in [0.717, 1.165) is 31.8 Å². The Balaban J connectivity index is 2.65. The van der Waals surface area contributed by atoms with Gasteiger partial charge in [-0.3, -0.25) is 4.79 Å². The van der Waals surface area contributed by atoms with Gasteiger partial charge >= 0.3 is 5.97 Å². The third-order valence-electron chi connectivity index (χ3n) is 4.23. The monoisotopic (exact) mass is 284 g/mol. The number of nitrogens with one attached hydrogen (secondary N) is 1. The Morgan fingerprint density at radius 1 is 1.45 bits per heavy atom. The van der Waals surface area contributed by atoms with Gasteiger partial charge in [0.2, 0.25) is 0 Å². The molecule has 0 aromatic rings. The van der Waals surface area contributed by atoms with E-state index in [-0.39, 0.29) is 5.97 Å². The standard InChI is InChI=1S/C16H32N2O2/c1-6-10-18(12-14-8-9-14)13(3)11-16(4,17-7-2)15(19)20-5/h13-14,17H,6-12H2,1-5H3. The van der Waals surface area contributed by atoms with E-state index >= 15 is 0 Å². The Bertz CT molecular complexity index is 305. The van der Waals surface area contributed by atoms with Crippen molar-refractivity contribution < 1.29 is 9.53 Å². The van der Waals surface area contributed by atoms with Crippen molar-refractivity contribution in [2.45, 2.75) is 65.0 Å². The Hall–Kier alpha value is -0.610. The first-order valence-corrected chi connectivity index (χ1v) is 8.04. The average Bonchev–Trinajstić information content (AvgIpc) is 3.21. The van der Waals surface area contributed by atoms with Gasteiger partial charge in [-0.05, 0) is 58.5 Å². The molecule has 4 heteroatoms. The highest BCUT2D eigenvalue weighted by molar-refractivity contribution is 5.80. The summed E-state index contributed by atoms with van der Waals surface area (Å²) in [5.41, 5.74) is -0.585. The van der Waals surface area contributed by atoms with E-state index in [1.165, 1.54) is 26.5 Å². The van der Waals surface area contributed by atoms with Crippen molar-refractivity contribution in [1.29, 1.82) is 0 Å². The van der Waals surface area contributed by atoms with Crippen LogP contribution in [-0.2, 0) is 9.53 Å². The lowest BCUT2D eigenvalue weighted by atomic mass is 9.92. The van der Waals surface area contributed by atoms with Gasteiger partial charge in [-0.15, -0.1) is 0 Å². The predicted octanol–water partition coefficient (Wildman–Crippen LogP) is 2.43. The zero-order valence-electron chi connectivity index (χ0n) is 13.9. The zero-order chi connectivity index (χ0) is 15.2. The summed E-state index contributed by atoms with van der Waals surface area (Å²) in [5, 5.41) is 3.31. The van der Waals surface area contributed by atoms with E-state index in [0.29, 0.717) is 6.04 Å². The summed E-state index contributed by atoms with van der Waals surface area (Å²) in [6.45, 7) is 11.5. The molecule has 1 rings (SSSR count). The number of methoxy groups -OCH3 is 1. The summed E-state index contributed by atoms with van der Waals surface area (Å²) in [4.78, 5) is 14.6. The van der Waals surface area contributed by atoms with Crippen LogP contribution in [-0.4, -0.2) is 49.2 Å². The first-order valence-electron chi connectivity index (χ1n) is 8.04. The van der Waals surface area contributed by atoms with Crippen LogP contribution in [0.3, 0.4) is 0 Å². The molecule has 0 aliphatic heterocycles. The number of hydrogen-bond acceptors (Lipinski definition) is 4. The van der Waals surface area contributed by atoms with E-state index in [2.05, 4.69) is 24.1 Å². The summed E-state index contributed by atoms with van der Waals surface area (Å²) >= 11 is 0. The molecule has 0 spiro atoms. The smallest absolute Gasteiger partial charge is 0.325 e. The van der Waals surface area contributed by atoms with Gasteiger partial charge in [0.05, 0.1) is 7.11 Å². The van der Waals surface area contributed by atoms with Crippen LogP contribution < -0.4 is 5.32 Å². The average molecular weight is 284 g/mol. The van der Waals surface area contributed by atoms with Crippen molar-refractivity contribution in [3.05, 3.63) is 0 Å². The van der Waals surface area contributed by atoms with Crippen LogP contribution in [0.4, 0.5) is 0 Å². The highest BCUT2D eigenvalue weighted by Gasteiger charge is 2.37. The molecular formula is C16H32N2O2. The lowest BCUT2D eigenvalue weighted by molar-refractivity contribution is -0.148. The van der Waals surface area contributed by atoms with Crippen LogP contribution in [0.5, 0.6) is 0 Å². The molecule has 0 aromatic heterocycles. The van der Waals surface area contributed by atoms with Gasteiger partial charge in [0.25, 0.3) is 0 Å². The summed E-state index contributed by atoms with van der Waals surface area (Å²) in [7, 11) is 1.47. The maximum atomic E-state index is 12.1. The van der Waals surface area contributed by atoms with E-state index < -0.39 is 5.54 Å². The van der Waals surface area contributed by atoms with Crippen molar-refractivity contribution in [3.63, 3.8) is 0 Å². The molecule has 1 aliphatic rings. The zero-order valence-corrected chi connectivity index (χ0v) is 13.9. The molecule has 0 radical (unpaired) electrons. The van der Waals surface area contributed by atoms with Crippen molar-refractivity contribution in [1.82, 2.24) is 10.2 Å². The second-order valence-corrected chi connectivity index (χ2v) is 6.35. The normalized spacial score (nSPS) is 19.7. The number of carbonyl (C=O) groups excluding carboxylic acids is 1. The number of nitrogens with zero attached hydrogens (tertiary/aromatic N) is 1. The molecule has 0 amide bonds. The summed E-state index contributed by atoms with van der Waals surface area (Å²) in [6.07, 6.45) is 4.69. The molecule has 1 saturated carbocycles. The number of carbonyl (C=O) groups is 1. The van der Waals surface area contributed by atoms with E-state index in [9.17, 15) is 4.79 Å². The Kier molecular flexibility index (Phi) is 6.96. The van der Waals surface area contributed by atoms with Crippen LogP contribution >= 0.6 is 0 Å². The maximum Gasteiger partial charge on any atom is 0.325 e. The SMILES string of the molecule is CCCN(CC1CC1)C(C)CC(C)(NCC)C(=O)OC. The Morgan fingerprint density at radius 2 is 2.10 bits per heavy atom. The van der Waals surface area contributed by atoms with Crippen LogP contribution in [0, 0.1) is 5.92 Å². The molecule has 2 atom stereocenters. The molecule has 4 nitrogen and oxygen atoms in total. The molecule has 118 valence electrons. The number of rotatable bonds is 10. The van der Waals surface area contributed by atoms with Gasteiger partial charge in [-0.1, -0.05) is 13.8 Å². The molecule has 0 aromatic carbocycles. The fraction of sp³-hybridized carbons (Fsp3) is 0.938. The Morgan fingerprint density at radius 3 is 2.55 bits per heavy atom. The molecule has 0 saturated heterocycles. The van der Waals surface area contributed by atoms with E-state index in [1.54, 1.807) is 0 Å². The first kappa shape index (κ1) is 17.4. The highest BCUT2D eigenvalue weighted by atomic mass is 16.5. The fourth-order valence-corrected chi connectivity index (χ4v) is 2.97. The van der Waals surface area contributed by atoms with Gasteiger partial charge in [-0.25, -0.2) is 0 Å². The lowest BCUT2D eigenvalue weighted by Crippen LogP contribution is -2.54. The van der Waals surface area contributed by atoms with Crippen molar-refractivity contribution >= 4 is 5.97 Å². The van der Waals surface area contributed by atoms with Crippen LogP contribution in [0.1, 0.15) is 53.4 Å². The third-order valence-corrected chi connectivity index (χ3v) is 4.23. The fourth-order valence-electron chi connectivity index (χ4n) is 2.97. The maximum absolute atomic E-state index is 12.1. The molecule has 0 bridgehead atoms. The topological polar surface area (TPSA) is 41.6 Å². The molecule has 20 heavy (non-hydrogen) atoms. The quantitative estimate of drug-likeness (QED) is 0.626. The molecule has 1 fully saturated rings. The number of esters is 1. The molecule has 1 aliphatic carbocycles. The molecule has 0 heterocycles. The summed E-state index contributed by atoms with van der Waals surface area (Å²) in [6, 6.07) is 0.388. The molecular weight excluding hydrogens is 252 g/mol. The van der Waals surface area contributed by atoms with Crippen molar-refractivity contribution in [2.75, 3.05) is 26.7 Å². The van der Waals surface area contributed by atoms with Gasteiger partial charge in [-0.2, -0.15) is 0 Å². The predicted molar refractivity (Wildman–Crippen MR) is 82.8 cm³/mol. The Labute approximate surface area is 124 Å². The second kappa shape index (κ2) is 7.99. The molecule has 2 unspecified atom stereocenters. The van der Waals surface area contributed by atoms with E-state index in [4.69, 9.17) is 4.74 Å². The highest BCUT2D eigenvalue weighted by Crippen LogP contribution is 2.31. The number of ether oxygens (including phenoxy) is 1. The van der Waals surface area contributed by atoms with Gasteiger partial charge in [0.15, 0.2) is 0 Å². The minimum atomic E-state index is -0.585. The van der Waals surface area contributed by atoms with E-state index in [1.807, 2.05) is 13.8 Å². The van der Waals surface area contributed by atoms with Crippen molar-refractivity contribution in [2.24, 2.45) is 5.92 Å². The van der Waals surface area contributed by atoms with Crippen LogP contribution in [0.2, 0.25) is 0 Å². The summed E-state index contributed by atoms with van der Waals surface area (Å²) < 4.78 is 4.98. The minimum Gasteiger partial charge on any atom is -0.468 e. The van der Waals surface area contributed by atoms with Gasteiger partial charge in [0, 0.05) is 12.6 Å². The molecule has 1 N–H and O–H groups in total. The van der Waals surface area contributed by atoms with Gasteiger partial charge in [0.1, 0.15) is 5.54 Å². The minimum absolute atomic E-state index is 0.158.